The number of aryl methyl sites for hydroxylation is 2. The van der Waals surface area contributed by atoms with Gasteiger partial charge in [-0.2, -0.15) is 0 Å². The quantitative estimate of drug-likeness (QED) is 0.819. The van der Waals surface area contributed by atoms with Gasteiger partial charge >= 0.3 is 5.97 Å². The van der Waals surface area contributed by atoms with E-state index in [0.717, 1.165) is 16.7 Å². The van der Waals surface area contributed by atoms with Gasteiger partial charge in [-0.1, -0.05) is 18.2 Å². The van der Waals surface area contributed by atoms with Gasteiger partial charge in [0.25, 0.3) is 0 Å². The summed E-state index contributed by atoms with van der Waals surface area (Å²) in [5.41, 5.74) is 1.78. The zero-order valence-electron chi connectivity index (χ0n) is 11.1. The van der Waals surface area contributed by atoms with Gasteiger partial charge in [-0.3, -0.25) is 4.79 Å². The molecule has 1 N–H and O–H groups in total. The van der Waals surface area contributed by atoms with Crippen molar-refractivity contribution < 1.29 is 14.6 Å². The summed E-state index contributed by atoms with van der Waals surface area (Å²) in [6, 6.07) is 5.71. The lowest BCUT2D eigenvalue weighted by Crippen LogP contribution is -2.36. The number of carbonyl (C=O) groups is 1. The second-order valence-corrected chi connectivity index (χ2v) is 4.69. The summed E-state index contributed by atoms with van der Waals surface area (Å²) in [4.78, 5) is 11.5. The third-order valence-electron chi connectivity index (χ3n) is 3.49. The van der Waals surface area contributed by atoms with Crippen LogP contribution in [-0.4, -0.2) is 18.2 Å². The molecule has 2 atom stereocenters. The molecule has 17 heavy (non-hydrogen) atoms. The van der Waals surface area contributed by atoms with E-state index < -0.39 is 17.5 Å². The summed E-state index contributed by atoms with van der Waals surface area (Å²) in [6.45, 7) is 7.30. The number of benzene rings is 1. The Morgan fingerprint density at radius 1 is 1.35 bits per heavy atom. The van der Waals surface area contributed by atoms with Crippen molar-refractivity contribution >= 4 is 5.97 Å². The molecule has 0 amide bonds. The lowest BCUT2D eigenvalue weighted by molar-refractivity contribution is -0.154. The Morgan fingerprint density at radius 2 is 1.94 bits per heavy atom. The van der Waals surface area contributed by atoms with Crippen LogP contribution in [0.4, 0.5) is 0 Å². The maximum atomic E-state index is 11.5. The highest BCUT2D eigenvalue weighted by Crippen LogP contribution is 2.31. The lowest BCUT2D eigenvalue weighted by atomic mass is 9.83. The first-order valence-electron chi connectivity index (χ1n) is 5.68. The van der Waals surface area contributed by atoms with Crippen LogP contribution in [0.25, 0.3) is 0 Å². The van der Waals surface area contributed by atoms with E-state index in [2.05, 4.69) is 4.74 Å². The minimum atomic E-state index is -1.22. The van der Waals surface area contributed by atoms with Crippen LogP contribution in [0.3, 0.4) is 0 Å². The molecule has 94 valence electrons. The fraction of sp³-hybridized carbons (Fsp3) is 0.500. The zero-order valence-corrected chi connectivity index (χ0v) is 11.1. The molecule has 0 bridgehead atoms. The topological polar surface area (TPSA) is 46.5 Å². The number of aliphatic hydroxyl groups is 1. The molecule has 0 aliphatic heterocycles. The molecule has 3 nitrogen and oxygen atoms in total. The number of ether oxygens (including phenoxy) is 1. The van der Waals surface area contributed by atoms with Crippen LogP contribution >= 0.6 is 0 Å². The van der Waals surface area contributed by atoms with Crippen LogP contribution < -0.4 is 0 Å². The summed E-state index contributed by atoms with van der Waals surface area (Å²) >= 11 is 0. The summed E-state index contributed by atoms with van der Waals surface area (Å²) in [5, 5.41) is 10.5. The first-order chi connectivity index (χ1) is 7.80. The molecule has 0 aliphatic rings. The third-order valence-corrected chi connectivity index (χ3v) is 3.49. The SMILES string of the molecule is COC(=O)C(C)C(C)(O)c1ccc(C)c(C)c1. The van der Waals surface area contributed by atoms with Crippen LogP contribution in [0, 0.1) is 19.8 Å². The normalized spacial score (nSPS) is 16.1. The molecule has 0 heterocycles. The van der Waals surface area contributed by atoms with E-state index >= 15 is 0 Å². The Bertz CT molecular complexity index is 421. The van der Waals surface area contributed by atoms with Crippen molar-refractivity contribution in [1.82, 2.24) is 0 Å². The smallest absolute Gasteiger partial charge is 0.311 e. The van der Waals surface area contributed by atoms with Crippen LogP contribution in [0.2, 0.25) is 0 Å². The van der Waals surface area contributed by atoms with Gasteiger partial charge in [0.15, 0.2) is 0 Å². The maximum absolute atomic E-state index is 11.5. The van der Waals surface area contributed by atoms with E-state index in [4.69, 9.17) is 0 Å². The van der Waals surface area contributed by atoms with E-state index in [1.54, 1.807) is 13.8 Å². The second kappa shape index (κ2) is 4.88. The molecule has 0 aliphatic carbocycles. The molecule has 1 rings (SSSR count). The highest BCUT2D eigenvalue weighted by molar-refractivity contribution is 5.73. The van der Waals surface area contributed by atoms with Crippen molar-refractivity contribution in [3.05, 3.63) is 34.9 Å². The summed E-state index contributed by atoms with van der Waals surface area (Å²) in [5.74, 6) is -1.01. The van der Waals surface area contributed by atoms with Gasteiger partial charge < -0.3 is 9.84 Å². The van der Waals surface area contributed by atoms with Gasteiger partial charge in [0.05, 0.1) is 18.6 Å². The van der Waals surface area contributed by atoms with Gasteiger partial charge in [0.1, 0.15) is 0 Å². The fourth-order valence-electron chi connectivity index (χ4n) is 1.71. The molecule has 0 radical (unpaired) electrons. The molecule has 0 aromatic heterocycles. The molecular weight excluding hydrogens is 216 g/mol. The first-order valence-corrected chi connectivity index (χ1v) is 5.68. The number of esters is 1. The number of rotatable bonds is 3. The van der Waals surface area contributed by atoms with Crippen molar-refractivity contribution in [2.45, 2.75) is 33.3 Å². The van der Waals surface area contributed by atoms with Gasteiger partial charge in [-0.05, 0) is 44.4 Å². The minimum Gasteiger partial charge on any atom is -0.469 e. The van der Waals surface area contributed by atoms with Crippen LogP contribution in [0.1, 0.15) is 30.5 Å². The highest BCUT2D eigenvalue weighted by atomic mass is 16.5. The first kappa shape index (κ1) is 13.7. The van der Waals surface area contributed by atoms with Gasteiger partial charge in [0.2, 0.25) is 0 Å². The average molecular weight is 236 g/mol. The Labute approximate surface area is 102 Å². The van der Waals surface area contributed by atoms with Gasteiger partial charge in [-0.15, -0.1) is 0 Å². The lowest BCUT2D eigenvalue weighted by Gasteiger charge is -2.29. The van der Waals surface area contributed by atoms with Gasteiger partial charge in [0, 0.05) is 0 Å². The summed E-state index contributed by atoms with van der Waals surface area (Å²) in [7, 11) is 1.33. The van der Waals surface area contributed by atoms with E-state index in [0.29, 0.717) is 0 Å². The molecular formula is C14H20O3. The largest absolute Gasteiger partial charge is 0.469 e. The summed E-state index contributed by atoms with van der Waals surface area (Å²) < 4.78 is 4.67. The van der Waals surface area contributed by atoms with Crippen molar-refractivity contribution in [3.63, 3.8) is 0 Å². The number of methoxy groups -OCH3 is 1. The molecule has 2 unspecified atom stereocenters. The summed E-state index contributed by atoms with van der Waals surface area (Å²) in [6.07, 6.45) is 0. The Kier molecular flexibility index (Phi) is 3.94. The zero-order chi connectivity index (χ0) is 13.2. The van der Waals surface area contributed by atoms with E-state index in [9.17, 15) is 9.90 Å². The molecule has 0 saturated heterocycles. The van der Waals surface area contributed by atoms with Crippen molar-refractivity contribution in [2.24, 2.45) is 5.92 Å². The van der Waals surface area contributed by atoms with Crippen LogP contribution in [0.5, 0.6) is 0 Å². The number of hydrogen-bond donors (Lipinski definition) is 1. The van der Waals surface area contributed by atoms with E-state index in [-0.39, 0.29) is 0 Å². The molecule has 0 saturated carbocycles. The Balaban J connectivity index is 3.11. The number of hydrogen-bond acceptors (Lipinski definition) is 3. The molecule has 1 aromatic rings. The molecule has 0 fully saturated rings. The Morgan fingerprint density at radius 3 is 2.41 bits per heavy atom. The van der Waals surface area contributed by atoms with Crippen molar-refractivity contribution in [2.75, 3.05) is 7.11 Å². The van der Waals surface area contributed by atoms with E-state index in [1.165, 1.54) is 7.11 Å². The molecule has 3 heteroatoms. The Hall–Kier alpha value is -1.35. The molecule has 0 spiro atoms. The third kappa shape index (κ3) is 2.67. The molecule has 1 aromatic carbocycles. The van der Waals surface area contributed by atoms with Crippen LogP contribution in [-0.2, 0) is 15.1 Å². The fourth-order valence-corrected chi connectivity index (χ4v) is 1.71. The minimum absolute atomic E-state index is 0.409. The second-order valence-electron chi connectivity index (χ2n) is 4.69. The van der Waals surface area contributed by atoms with Crippen LogP contribution in [0.15, 0.2) is 18.2 Å². The van der Waals surface area contributed by atoms with Crippen molar-refractivity contribution in [1.29, 1.82) is 0 Å². The number of carbonyl (C=O) groups excluding carboxylic acids is 1. The highest BCUT2D eigenvalue weighted by Gasteiger charge is 2.36. The maximum Gasteiger partial charge on any atom is 0.311 e. The monoisotopic (exact) mass is 236 g/mol. The predicted molar refractivity (Wildman–Crippen MR) is 66.7 cm³/mol. The predicted octanol–water partition coefficient (Wildman–Crippen LogP) is 2.32. The standard InChI is InChI=1S/C14H20O3/c1-9-6-7-12(8-10(9)2)14(4,16)11(3)13(15)17-5/h6-8,11,16H,1-5H3. The average Bonchev–Trinajstić information content (AvgIpc) is 2.30. The van der Waals surface area contributed by atoms with E-state index in [1.807, 2.05) is 32.0 Å². The van der Waals surface area contributed by atoms with Gasteiger partial charge in [-0.25, -0.2) is 0 Å². The van der Waals surface area contributed by atoms with Crippen molar-refractivity contribution in [3.8, 4) is 0 Å².